The number of hydrogen-bond donors (Lipinski definition) is 4. The molecule has 0 spiro atoms. The van der Waals surface area contributed by atoms with Crippen LogP contribution < -0.4 is 15.0 Å². The van der Waals surface area contributed by atoms with E-state index in [9.17, 15) is 24.0 Å². The van der Waals surface area contributed by atoms with Gasteiger partial charge in [-0.2, -0.15) is 0 Å². The average Bonchev–Trinajstić information content (AvgIpc) is 3.23. The fraction of sp³-hybridized carbons (Fsp3) is 0.506. The molecule has 6 rings (SSSR count). The molecular formula is C81H120N3O12+3. The van der Waals surface area contributed by atoms with Crippen molar-refractivity contribution in [1.29, 1.82) is 0 Å². The molecule has 3 aromatic carbocycles. The number of allylic oxidation sites excluding steroid dienone is 2. The van der Waals surface area contributed by atoms with Crippen LogP contribution in [0, 0.1) is 0 Å². The lowest BCUT2D eigenvalue weighted by atomic mass is 9.96. The number of aldehydes is 2. The lowest BCUT2D eigenvalue weighted by molar-refractivity contribution is -0.465. The molecule has 0 aliphatic carbocycles. The number of H-pyrrole nitrogens is 3. The van der Waals surface area contributed by atoms with Gasteiger partial charge in [0.2, 0.25) is 0 Å². The highest BCUT2D eigenvalue weighted by molar-refractivity contribution is 5.96. The van der Waals surface area contributed by atoms with E-state index in [2.05, 4.69) is 117 Å². The van der Waals surface area contributed by atoms with Gasteiger partial charge in [0.15, 0.2) is 54.5 Å². The van der Waals surface area contributed by atoms with E-state index < -0.39 is 0 Å². The van der Waals surface area contributed by atoms with Crippen molar-refractivity contribution in [1.82, 2.24) is 0 Å². The third kappa shape index (κ3) is 50.3. The molecule has 0 bridgehead atoms. The van der Waals surface area contributed by atoms with E-state index in [0.29, 0.717) is 63.1 Å². The fourth-order valence-corrected chi connectivity index (χ4v) is 10.7. The molecule has 96 heavy (non-hydrogen) atoms. The van der Waals surface area contributed by atoms with Crippen LogP contribution in [0.3, 0.4) is 0 Å². The van der Waals surface area contributed by atoms with Gasteiger partial charge in [-0.15, -0.1) is 0 Å². The second-order valence-electron chi connectivity index (χ2n) is 24.5. The van der Waals surface area contributed by atoms with Crippen molar-refractivity contribution in [3.05, 3.63) is 210 Å². The van der Waals surface area contributed by atoms with Crippen molar-refractivity contribution in [3.8, 4) is 0 Å². The Hall–Kier alpha value is -7.08. The number of nitrogens with one attached hydrogen (secondary N) is 3. The molecule has 3 unspecified atom stereocenters. The summed E-state index contributed by atoms with van der Waals surface area (Å²) < 4.78 is 0. The standard InChI is InChI=1S/C27H37NO.C16H25NO3.C16H23NO2.C11H16O2.C11H14O.H2O3/c1-24(25-18-13-11-14-19-25)17-12-9-7-5-3-2-4-6-8-10-15-21-27(29)26-20-16-22-28-23-26;18-16(15-10-9-12-17-14-15)11-7-5-3-1-2-4-6-8-13-20-19;18-13-8-6-4-2-1-3-5-7-11-16(19)15-10-9-12-17-14-15;1-10(6-5-9-13-12)11-7-3-2-4-8-11;1-10(6-5-9-12)11-7-3-2-4-8-11;1-3-2/h7,9,11,13-14,16,18-20,22-24H,2-6,8,10,12,15,17,21H2,1H3;9-10,12,14,19H,1-8,11,13H2;9-10,12-14H,1-8,11H2;2-4,7-8,10,12H,5-6,9H2,1H3;2-4,7-10H,5-6H2,1H3;1-2H/p+3/b9-7+;;;;;. The summed E-state index contributed by atoms with van der Waals surface area (Å²) in [6.45, 7) is 7.53. The maximum atomic E-state index is 12.0. The van der Waals surface area contributed by atoms with E-state index >= 15 is 0 Å². The van der Waals surface area contributed by atoms with Crippen LogP contribution in [0.4, 0.5) is 0 Å². The molecule has 3 atom stereocenters. The molecule has 0 aliphatic rings. The number of Topliss-reactive ketones (excluding diaryl/α,β-unsaturated/α-hetero) is 3. The van der Waals surface area contributed by atoms with Crippen molar-refractivity contribution < 1.29 is 74.8 Å². The number of aromatic amines is 3. The number of rotatable bonds is 47. The first-order chi connectivity index (χ1) is 47.1. The largest absolute Gasteiger partial charge is 0.303 e. The smallest absolute Gasteiger partial charge is 0.177 e. The molecule has 0 amide bonds. The minimum Gasteiger partial charge on any atom is -0.303 e. The Labute approximate surface area is 575 Å². The summed E-state index contributed by atoms with van der Waals surface area (Å²) in [6.07, 6.45) is 52.8. The van der Waals surface area contributed by atoms with E-state index in [0.717, 1.165) is 106 Å². The van der Waals surface area contributed by atoms with Crippen molar-refractivity contribution in [2.24, 2.45) is 0 Å². The summed E-state index contributed by atoms with van der Waals surface area (Å²) in [5.74, 6) is 2.38. The maximum absolute atomic E-state index is 12.0. The second-order valence-corrected chi connectivity index (χ2v) is 24.5. The summed E-state index contributed by atoms with van der Waals surface area (Å²) in [4.78, 5) is 72.8. The minimum atomic E-state index is 0.225. The van der Waals surface area contributed by atoms with Gasteiger partial charge >= 0.3 is 0 Å². The van der Waals surface area contributed by atoms with Crippen LogP contribution >= 0.6 is 0 Å². The molecule has 0 fully saturated rings. The summed E-state index contributed by atoms with van der Waals surface area (Å²) in [5.41, 5.74) is 6.47. The molecule has 3 aromatic heterocycles. The van der Waals surface area contributed by atoms with Crippen LogP contribution in [0.25, 0.3) is 0 Å². The Morgan fingerprint density at radius 3 is 0.969 bits per heavy atom. The SMILES string of the molecule is CC(CC/C=C/CCCCCCCCCC(=O)c1ccc[nH+]c1)c1ccccc1.CC(CCC=O)c1ccccc1.CC(CCCOO)c1ccccc1.O=C(CCCCCCCCCCOO)c1ccc[nH+]c1.O=CCCCCCCCCCC(=O)c1ccc[nH+]c1.OOO. The fourth-order valence-electron chi connectivity index (χ4n) is 10.7. The zero-order valence-electron chi connectivity index (χ0n) is 58.4. The first kappa shape index (κ1) is 86.9. The summed E-state index contributed by atoms with van der Waals surface area (Å²) in [5, 5.41) is 31.8. The number of aromatic nitrogens is 3. The van der Waals surface area contributed by atoms with Gasteiger partial charge in [0.25, 0.3) is 0 Å². The van der Waals surface area contributed by atoms with Crippen LogP contribution in [0.5, 0.6) is 0 Å². The van der Waals surface area contributed by atoms with Crippen LogP contribution in [0.15, 0.2) is 177 Å². The van der Waals surface area contributed by atoms with E-state index in [1.165, 1.54) is 119 Å². The van der Waals surface area contributed by atoms with Gasteiger partial charge in [-0.25, -0.2) is 35.2 Å². The highest BCUT2D eigenvalue weighted by Crippen LogP contribution is 2.23. The topological polar surface area (TPSA) is 236 Å². The predicted molar refractivity (Wildman–Crippen MR) is 384 cm³/mol. The number of ketones is 3. The Morgan fingerprint density at radius 2 is 0.635 bits per heavy atom. The van der Waals surface area contributed by atoms with Crippen molar-refractivity contribution in [3.63, 3.8) is 0 Å². The summed E-state index contributed by atoms with van der Waals surface area (Å²) in [6, 6.07) is 42.7. The average molecular weight is 1330 g/mol. The zero-order chi connectivity index (χ0) is 69.8. The molecule has 0 radical (unpaired) electrons. The Balaban J connectivity index is 0.000000614. The van der Waals surface area contributed by atoms with Crippen molar-refractivity contribution in [2.45, 2.75) is 250 Å². The van der Waals surface area contributed by atoms with Gasteiger partial charge in [-0.05, 0) is 130 Å². The lowest BCUT2D eigenvalue weighted by Crippen LogP contribution is -2.06. The van der Waals surface area contributed by atoms with Gasteiger partial charge in [-0.3, -0.25) is 24.9 Å². The summed E-state index contributed by atoms with van der Waals surface area (Å²) >= 11 is 0. The number of hydrogen-bond acceptors (Lipinski definition) is 12. The Kier molecular flexibility index (Phi) is 59.1. The predicted octanol–water partition coefficient (Wildman–Crippen LogP) is 20.2. The monoisotopic (exact) mass is 1330 g/mol. The highest BCUT2D eigenvalue weighted by Gasteiger charge is 2.11. The molecule has 0 saturated carbocycles. The molecule has 528 valence electrons. The van der Waals surface area contributed by atoms with Gasteiger partial charge in [0.1, 0.15) is 12.6 Å². The number of carbonyl (C=O) groups is 5. The number of carbonyl (C=O) groups excluding carboxylic acids is 5. The Morgan fingerprint density at radius 1 is 0.344 bits per heavy atom. The Bertz CT molecular complexity index is 2730. The molecule has 3 heterocycles. The number of pyridine rings is 3. The van der Waals surface area contributed by atoms with Gasteiger partial charge in [0, 0.05) is 50.3 Å². The third-order valence-corrected chi connectivity index (χ3v) is 16.6. The lowest BCUT2D eigenvalue weighted by Gasteiger charge is -2.10. The molecule has 0 saturated heterocycles. The zero-order valence-corrected chi connectivity index (χ0v) is 58.4. The first-order valence-electron chi connectivity index (χ1n) is 35.7. The van der Waals surface area contributed by atoms with Gasteiger partial charge in [-0.1, -0.05) is 232 Å². The number of benzene rings is 3. The summed E-state index contributed by atoms with van der Waals surface area (Å²) in [7, 11) is 0. The van der Waals surface area contributed by atoms with Gasteiger partial charge in [0.05, 0.1) is 29.9 Å². The number of unbranched alkanes of at least 4 members (excludes halogenated alkanes) is 21. The molecule has 15 nitrogen and oxygen atoms in total. The molecule has 6 aromatic rings. The molecule has 0 aliphatic heterocycles. The quantitative estimate of drug-likeness (QED) is 0.00697. The van der Waals surface area contributed by atoms with E-state index in [1.54, 1.807) is 24.8 Å². The van der Waals surface area contributed by atoms with Crippen LogP contribution in [-0.4, -0.2) is 64.2 Å². The van der Waals surface area contributed by atoms with E-state index in [4.69, 9.17) is 21.0 Å². The van der Waals surface area contributed by atoms with Crippen LogP contribution in [-0.2, 0) is 24.4 Å². The second kappa shape index (κ2) is 65.2. The van der Waals surface area contributed by atoms with Crippen molar-refractivity contribution >= 4 is 29.9 Å². The van der Waals surface area contributed by atoms with Crippen LogP contribution in [0.2, 0.25) is 0 Å². The highest BCUT2D eigenvalue weighted by atomic mass is 17.4. The maximum Gasteiger partial charge on any atom is 0.177 e. The first-order valence-corrected chi connectivity index (χ1v) is 35.7. The van der Waals surface area contributed by atoms with Gasteiger partial charge < -0.3 is 9.59 Å². The van der Waals surface area contributed by atoms with Crippen molar-refractivity contribution in [2.75, 3.05) is 13.2 Å². The van der Waals surface area contributed by atoms with Crippen LogP contribution in [0.1, 0.15) is 298 Å². The third-order valence-electron chi connectivity index (χ3n) is 16.6. The normalized spacial score (nSPS) is 11.4. The molecule has 7 N–H and O–H groups in total. The molecule has 15 heteroatoms. The van der Waals surface area contributed by atoms with E-state index in [-0.39, 0.29) is 17.3 Å². The van der Waals surface area contributed by atoms with E-state index in [1.807, 2.05) is 85.2 Å². The minimum absolute atomic E-state index is 0.225. The molecular weight excluding hydrogens is 1210 g/mol.